The van der Waals surface area contributed by atoms with Crippen molar-refractivity contribution in [3.63, 3.8) is 0 Å². The minimum Gasteiger partial charge on any atom is -0.340 e. The molecule has 4 rings (SSSR count). The van der Waals surface area contributed by atoms with E-state index in [1.165, 1.54) is 35.7 Å². The summed E-state index contributed by atoms with van der Waals surface area (Å²) in [6, 6.07) is 6.78. The zero-order valence-corrected chi connectivity index (χ0v) is 16.6. The third kappa shape index (κ3) is 4.01. The van der Waals surface area contributed by atoms with Crippen molar-refractivity contribution in [1.29, 1.82) is 5.41 Å². The van der Waals surface area contributed by atoms with Crippen molar-refractivity contribution in [2.45, 2.75) is 32.7 Å². The molecular weight excluding hydrogens is 346 g/mol. The van der Waals surface area contributed by atoms with Gasteiger partial charge in [-0.05, 0) is 49.5 Å². The Bertz CT molecular complexity index is 900. The number of hydrogen-bond donors (Lipinski definition) is 3. The summed E-state index contributed by atoms with van der Waals surface area (Å²) in [5.41, 5.74) is 7.09. The van der Waals surface area contributed by atoms with Crippen molar-refractivity contribution in [1.82, 2.24) is 20.2 Å². The van der Waals surface area contributed by atoms with Crippen LogP contribution < -0.4 is 5.32 Å². The molecule has 0 unspecified atom stereocenters. The molecule has 5 nitrogen and oxygen atoms in total. The summed E-state index contributed by atoms with van der Waals surface area (Å²) >= 11 is 0. The first-order chi connectivity index (χ1) is 13.8. The number of imidazole rings is 1. The molecule has 1 aliphatic carbocycles. The van der Waals surface area contributed by atoms with E-state index in [4.69, 9.17) is 10.4 Å². The van der Waals surface area contributed by atoms with Gasteiger partial charge in [-0.1, -0.05) is 24.3 Å². The van der Waals surface area contributed by atoms with E-state index in [1.54, 1.807) is 0 Å². The summed E-state index contributed by atoms with van der Waals surface area (Å²) in [5, 5.41) is 11.0. The molecule has 0 bridgehead atoms. The summed E-state index contributed by atoms with van der Waals surface area (Å²) < 4.78 is 0. The molecule has 28 heavy (non-hydrogen) atoms. The second-order valence-electron chi connectivity index (χ2n) is 7.56. The lowest BCUT2D eigenvalue weighted by Crippen LogP contribution is -2.43. The van der Waals surface area contributed by atoms with Crippen molar-refractivity contribution in [3.8, 4) is 11.3 Å². The monoisotopic (exact) mass is 375 g/mol. The van der Waals surface area contributed by atoms with Gasteiger partial charge in [0.05, 0.1) is 17.9 Å². The SMILES string of the molecule is C/C=C\C(=C/C=N)c1[nH]c(CN2CCNCC2)nc1-c1ccc2c(c1)CCC2. The molecule has 1 aliphatic heterocycles. The number of aromatic amines is 1. The maximum atomic E-state index is 7.56. The van der Waals surface area contributed by atoms with E-state index in [9.17, 15) is 0 Å². The lowest BCUT2D eigenvalue weighted by Gasteiger charge is -2.26. The van der Waals surface area contributed by atoms with E-state index in [2.05, 4.69) is 33.4 Å². The number of nitrogens with one attached hydrogen (secondary N) is 3. The average molecular weight is 376 g/mol. The van der Waals surface area contributed by atoms with Gasteiger partial charge in [-0.2, -0.15) is 0 Å². The molecule has 5 heteroatoms. The molecular formula is C23H29N5. The summed E-state index contributed by atoms with van der Waals surface area (Å²) in [6.45, 7) is 6.98. The molecule has 0 radical (unpaired) electrons. The summed E-state index contributed by atoms with van der Waals surface area (Å²) in [5.74, 6) is 0.993. The van der Waals surface area contributed by atoms with Crippen molar-refractivity contribution in [2.24, 2.45) is 0 Å². The molecule has 2 aromatic rings. The maximum absolute atomic E-state index is 7.56. The van der Waals surface area contributed by atoms with E-state index in [0.717, 1.165) is 61.9 Å². The van der Waals surface area contributed by atoms with Crippen LogP contribution in [0.15, 0.2) is 36.4 Å². The number of fused-ring (bicyclic) bond motifs is 1. The number of H-pyrrole nitrogens is 1. The quantitative estimate of drug-likeness (QED) is 0.534. The van der Waals surface area contributed by atoms with Gasteiger partial charge in [-0.3, -0.25) is 4.90 Å². The smallest absolute Gasteiger partial charge is 0.121 e. The molecule has 0 spiro atoms. The van der Waals surface area contributed by atoms with Crippen molar-refractivity contribution >= 4 is 11.8 Å². The minimum absolute atomic E-state index is 0.827. The molecule has 146 valence electrons. The molecule has 1 fully saturated rings. The highest BCUT2D eigenvalue weighted by Gasteiger charge is 2.19. The summed E-state index contributed by atoms with van der Waals surface area (Å²) in [4.78, 5) is 11.0. The first-order valence-electron chi connectivity index (χ1n) is 10.3. The van der Waals surface area contributed by atoms with Gasteiger partial charge < -0.3 is 15.7 Å². The van der Waals surface area contributed by atoms with Crippen LogP contribution in [0, 0.1) is 5.41 Å². The number of allylic oxidation sites excluding steroid dienone is 4. The second kappa shape index (κ2) is 8.67. The first kappa shape index (κ1) is 18.8. The number of benzene rings is 1. The van der Waals surface area contributed by atoms with Crippen LogP contribution >= 0.6 is 0 Å². The Morgan fingerprint density at radius 3 is 2.82 bits per heavy atom. The second-order valence-corrected chi connectivity index (χ2v) is 7.56. The Balaban J connectivity index is 1.73. The predicted octanol–water partition coefficient (Wildman–Crippen LogP) is 3.58. The lowest BCUT2D eigenvalue weighted by atomic mass is 10.0. The third-order valence-electron chi connectivity index (χ3n) is 5.61. The van der Waals surface area contributed by atoms with Gasteiger partial charge in [0.15, 0.2) is 0 Å². The van der Waals surface area contributed by atoms with Crippen molar-refractivity contribution < 1.29 is 0 Å². The van der Waals surface area contributed by atoms with Gasteiger partial charge >= 0.3 is 0 Å². The number of aromatic nitrogens is 2. The Morgan fingerprint density at radius 1 is 1.21 bits per heavy atom. The van der Waals surface area contributed by atoms with Crippen molar-refractivity contribution in [2.75, 3.05) is 26.2 Å². The minimum atomic E-state index is 0.827. The highest BCUT2D eigenvalue weighted by atomic mass is 15.2. The Labute approximate surface area is 167 Å². The third-order valence-corrected chi connectivity index (χ3v) is 5.61. The molecule has 2 aliphatic rings. The number of aryl methyl sites for hydroxylation is 2. The van der Waals surface area contributed by atoms with Crippen LogP contribution in [0.1, 0.15) is 36.0 Å². The number of hydrogen-bond acceptors (Lipinski definition) is 4. The Morgan fingerprint density at radius 2 is 2.04 bits per heavy atom. The predicted molar refractivity (Wildman–Crippen MR) is 116 cm³/mol. The van der Waals surface area contributed by atoms with Crippen molar-refractivity contribution in [3.05, 3.63) is 59.1 Å². The van der Waals surface area contributed by atoms with Crippen LogP contribution in [0.25, 0.3) is 16.8 Å². The van der Waals surface area contributed by atoms with Gasteiger partial charge in [0.25, 0.3) is 0 Å². The Hall–Kier alpha value is -2.50. The van der Waals surface area contributed by atoms with Gasteiger partial charge in [-0.25, -0.2) is 4.98 Å². The van der Waals surface area contributed by atoms with E-state index >= 15 is 0 Å². The van der Waals surface area contributed by atoms with Crippen LogP contribution in [0.2, 0.25) is 0 Å². The van der Waals surface area contributed by atoms with Crippen LogP contribution in [0.5, 0.6) is 0 Å². The fourth-order valence-corrected chi connectivity index (χ4v) is 4.21. The standard InChI is InChI=1S/C23H29N5/c1-2-4-18(9-10-24)22-23(20-8-7-17-5-3-6-19(17)15-20)27-21(26-22)16-28-13-11-25-12-14-28/h2,4,7-10,15,24-25H,3,5-6,11-14,16H2,1H3,(H,26,27)/b4-2-,18-9+,24-10?. The van der Waals surface area contributed by atoms with E-state index in [1.807, 2.05) is 25.2 Å². The molecule has 1 aromatic heterocycles. The van der Waals surface area contributed by atoms with Crippen LogP contribution in [0.4, 0.5) is 0 Å². The van der Waals surface area contributed by atoms with E-state index in [-0.39, 0.29) is 0 Å². The fourth-order valence-electron chi connectivity index (χ4n) is 4.21. The lowest BCUT2D eigenvalue weighted by molar-refractivity contribution is 0.228. The Kier molecular flexibility index (Phi) is 5.84. The zero-order valence-electron chi connectivity index (χ0n) is 16.6. The number of rotatable bonds is 6. The molecule has 2 heterocycles. The van der Waals surface area contributed by atoms with E-state index < -0.39 is 0 Å². The molecule has 3 N–H and O–H groups in total. The molecule has 0 atom stereocenters. The highest BCUT2D eigenvalue weighted by molar-refractivity contribution is 5.90. The molecule has 0 amide bonds. The highest BCUT2D eigenvalue weighted by Crippen LogP contribution is 2.32. The van der Waals surface area contributed by atoms with Crippen LogP contribution in [0.3, 0.4) is 0 Å². The molecule has 1 saturated heterocycles. The summed E-state index contributed by atoms with van der Waals surface area (Å²) in [7, 11) is 0. The average Bonchev–Trinajstić information content (AvgIpc) is 3.35. The summed E-state index contributed by atoms with van der Waals surface area (Å²) in [6.07, 6.45) is 10.8. The maximum Gasteiger partial charge on any atom is 0.121 e. The number of nitrogens with zero attached hydrogens (tertiary/aromatic N) is 2. The topological polar surface area (TPSA) is 67.8 Å². The first-order valence-corrected chi connectivity index (χ1v) is 10.3. The fraction of sp³-hybridized carbons (Fsp3) is 0.391. The van der Waals surface area contributed by atoms with Gasteiger partial charge in [0, 0.05) is 43.5 Å². The van der Waals surface area contributed by atoms with Crippen LogP contribution in [-0.4, -0.2) is 47.3 Å². The van der Waals surface area contributed by atoms with E-state index in [0.29, 0.717) is 0 Å². The zero-order chi connectivity index (χ0) is 19.3. The van der Waals surface area contributed by atoms with Crippen LogP contribution in [-0.2, 0) is 19.4 Å². The van der Waals surface area contributed by atoms with Gasteiger partial charge in [-0.15, -0.1) is 0 Å². The normalized spacial score (nSPS) is 18.0. The largest absolute Gasteiger partial charge is 0.340 e. The molecule has 0 saturated carbocycles. The number of piperazine rings is 1. The van der Waals surface area contributed by atoms with Gasteiger partial charge in [0.1, 0.15) is 5.82 Å². The molecule has 1 aromatic carbocycles. The van der Waals surface area contributed by atoms with Gasteiger partial charge in [0.2, 0.25) is 0 Å².